The van der Waals surface area contributed by atoms with Crippen molar-refractivity contribution < 1.29 is 27.4 Å². The van der Waals surface area contributed by atoms with E-state index in [1.165, 1.54) is 32.6 Å². The van der Waals surface area contributed by atoms with Gasteiger partial charge in [-0.3, -0.25) is 4.79 Å². The molecule has 5 aromatic rings. The number of benzene rings is 4. The van der Waals surface area contributed by atoms with Crippen molar-refractivity contribution >= 4 is 17.1 Å². The van der Waals surface area contributed by atoms with Gasteiger partial charge in [-0.05, 0) is 48.9 Å². The lowest BCUT2D eigenvalue weighted by Gasteiger charge is -2.16. The fourth-order valence-electron chi connectivity index (χ4n) is 4.45. The van der Waals surface area contributed by atoms with Gasteiger partial charge < -0.3 is 14.2 Å². The van der Waals surface area contributed by atoms with Crippen LogP contribution in [0.2, 0.25) is 0 Å². The van der Waals surface area contributed by atoms with E-state index in [1.807, 2.05) is 31.2 Å². The first-order chi connectivity index (χ1) is 20.2. The van der Waals surface area contributed by atoms with Crippen LogP contribution in [0.15, 0.2) is 94.8 Å². The van der Waals surface area contributed by atoms with Gasteiger partial charge in [-0.2, -0.15) is 22.9 Å². The molecule has 0 radical (unpaired) electrons. The molecule has 7 nitrogen and oxygen atoms in total. The number of rotatable bonds is 8. The third-order valence-electron chi connectivity index (χ3n) is 6.47. The van der Waals surface area contributed by atoms with Crippen LogP contribution in [-0.4, -0.2) is 30.1 Å². The monoisotopic (exact) mass is 573 g/mol. The molecule has 0 unspecified atom stereocenters. The summed E-state index contributed by atoms with van der Waals surface area (Å²) < 4.78 is 58.6. The zero-order valence-electron chi connectivity index (χ0n) is 23.0. The highest BCUT2D eigenvalue weighted by Gasteiger charge is 2.31. The molecule has 0 saturated carbocycles. The summed E-state index contributed by atoms with van der Waals surface area (Å²) in [6, 6.07) is 22.4. The molecule has 0 spiro atoms. The van der Waals surface area contributed by atoms with E-state index in [0.717, 1.165) is 27.9 Å². The van der Waals surface area contributed by atoms with E-state index in [1.54, 1.807) is 36.4 Å². The summed E-state index contributed by atoms with van der Waals surface area (Å²) in [5.41, 5.74) is 1.57. The molecule has 4 aromatic carbocycles. The molecule has 10 heteroatoms. The summed E-state index contributed by atoms with van der Waals surface area (Å²) in [6.45, 7) is 2.27. The van der Waals surface area contributed by atoms with Crippen LogP contribution in [0.5, 0.6) is 17.2 Å². The van der Waals surface area contributed by atoms with E-state index < -0.39 is 17.3 Å². The molecule has 214 valence electrons. The van der Waals surface area contributed by atoms with Gasteiger partial charge in [0.2, 0.25) is 5.75 Å². The van der Waals surface area contributed by atoms with Crippen molar-refractivity contribution in [2.75, 3.05) is 14.2 Å². The van der Waals surface area contributed by atoms with Crippen LogP contribution in [-0.2, 0) is 12.8 Å². The Bertz CT molecular complexity index is 1820. The maximum Gasteiger partial charge on any atom is 0.416 e. The largest absolute Gasteiger partial charge is 0.493 e. The Hall–Kier alpha value is -5.12. The van der Waals surface area contributed by atoms with Gasteiger partial charge in [-0.15, -0.1) is 0 Å². The minimum absolute atomic E-state index is 0.0434. The van der Waals surface area contributed by atoms with Crippen LogP contribution in [0.25, 0.3) is 22.3 Å². The number of hydrogen-bond donors (Lipinski definition) is 0. The predicted molar refractivity (Wildman–Crippen MR) is 154 cm³/mol. The van der Waals surface area contributed by atoms with Crippen molar-refractivity contribution in [2.45, 2.75) is 19.7 Å². The van der Waals surface area contributed by atoms with Crippen molar-refractivity contribution in [1.29, 1.82) is 0 Å². The van der Waals surface area contributed by atoms with E-state index in [4.69, 9.17) is 14.2 Å². The second-order valence-corrected chi connectivity index (χ2v) is 9.42. The van der Waals surface area contributed by atoms with E-state index >= 15 is 0 Å². The lowest BCUT2D eigenvalue weighted by Crippen LogP contribution is -2.20. The Labute approximate surface area is 239 Å². The third kappa shape index (κ3) is 5.97. The van der Waals surface area contributed by atoms with Gasteiger partial charge in [-0.25, -0.2) is 4.98 Å². The van der Waals surface area contributed by atoms with Gasteiger partial charge in [0.05, 0.1) is 36.9 Å². The highest BCUT2D eigenvalue weighted by molar-refractivity contribution is 5.84. The third-order valence-corrected chi connectivity index (χ3v) is 6.47. The predicted octanol–water partition coefficient (Wildman–Crippen LogP) is 6.87. The molecule has 0 N–H and O–H groups in total. The van der Waals surface area contributed by atoms with Crippen LogP contribution in [0.1, 0.15) is 22.3 Å². The van der Waals surface area contributed by atoms with Gasteiger partial charge in [-0.1, -0.05) is 54.1 Å². The molecule has 0 amide bonds. The molecule has 0 aliphatic carbocycles. The summed E-state index contributed by atoms with van der Waals surface area (Å²) in [6.07, 6.45) is -3.19. The molecule has 0 fully saturated rings. The highest BCUT2D eigenvalue weighted by Crippen LogP contribution is 2.39. The molecule has 0 atom stereocenters. The molecule has 0 aliphatic heterocycles. The Kier molecular flexibility index (Phi) is 7.97. The average molecular weight is 574 g/mol. The first-order valence-electron chi connectivity index (χ1n) is 12.9. The zero-order chi connectivity index (χ0) is 29.9. The van der Waals surface area contributed by atoms with Crippen LogP contribution < -0.4 is 19.8 Å². The zero-order valence-corrected chi connectivity index (χ0v) is 23.0. The number of aryl methyl sites for hydroxylation is 1. The minimum atomic E-state index is -4.57. The fraction of sp³-hybridized carbons (Fsp3) is 0.156. The van der Waals surface area contributed by atoms with Gasteiger partial charge in [0, 0.05) is 11.1 Å². The number of alkyl halides is 3. The van der Waals surface area contributed by atoms with E-state index in [9.17, 15) is 18.0 Å². The van der Waals surface area contributed by atoms with Crippen LogP contribution in [0.4, 0.5) is 13.2 Å². The molecule has 5 rings (SSSR count). The Morgan fingerprint density at radius 2 is 1.62 bits per heavy atom. The molecule has 0 bridgehead atoms. The number of methoxy groups -OCH3 is 2. The smallest absolute Gasteiger partial charge is 0.416 e. The number of nitrogens with zero attached hydrogens (tertiary/aromatic N) is 3. The van der Waals surface area contributed by atoms with Gasteiger partial charge >= 0.3 is 6.18 Å². The summed E-state index contributed by atoms with van der Waals surface area (Å²) in [4.78, 5) is 18.0. The first kappa shape index (κ1) is 28.4. The lowest BCUT2D eigenvalue weighted by molar-refractivity contribution is -0.137. The molecule has 0 aliphatic rings. The number of ether oxygens (including phenoxy) is 3. The molecule has 0 saturated heterocycles. The lowest BCUT2D eigenvalue weighted by atomic mass is 10.1. The minimum Gasteiger partial charge on any atom is -0.493 e. The van der Waals surface area contributed by atoms with E-state index in [2.05, 4.69) is 10.1 Å². The van der Waals surface area contributed by atoms with Crippen LogP contribution >= 0.6 is 0 Å². The number of fused-ring (bicyclic) bond motifs is 1. The summed E-state index contributed by atoms with van der Waals surface area (Å²) in [5.74, 6) is 1.07. The van der Waals surface area contributed by atoms with Gasteiger partial charge in [0.1, 0.15) is 6.61 Å². The Morgan fingerprint density at radius 3 is 2.31 bits per heavy atom. The normalized spacial score (nSPS) is 11.7. The maximum atomic E-state index is 13.5. The van der Waals surface area contributed by atoms with Crippen molar-refractivity contribution in [3.8, 4) is 28.6 Å². The SMILES string of the molecule is COc1cc(C=Nn2c(-c3cccc(C(F)(F)F)c3)nc3ccccc3c2=O)cc(OC)c1OCc1cccc(C)c1. The number of halogens is 3. The van der Waals surface area contributed by atoms with Crippen LogP contribution in [0.3, 0.4) is 0 Å². The number of para-hydroxylation sites is 1. The summed E-state index contributed by atoms with van der Waals surface area (Å²) >= 11 is 0. The maximum absolute atomic E-state index is 13.5. The van der Waals surface area contributed by atoms with E-state index in [0.29, 0.717) is 28.3 Å². The first-order valence-corrected chi connectivity index (χ1v) is 12.9. The van der Waals surface area contributed by atoms with Crippen molar-refractivity contribution in [1.82, 2.24) is 9.66 Å². The van der Waals surface area contributed by atoms with E-state index in [-0.39, 0.29) is 23.4 Å². The van der Waals surface area contributed by atoms with Gasteiger partial charge in [0.15, 0.2) is 17.3 Å². The Morgan fingerprint density at radius 1 is 0.905 bits per heavy atom. The fourth-order valence-corrected chi connectivity index (χ4v) is 4.45. The number of aromatic nitrogens is 2. The topological polar surface area (TPSA) is 74.9 Å². The molecular weight excluding hydrogens is 547 g/mol. The molecular formula is C32H26F3N3O4. The second-order valence-electron chi connectivity index (χ2n) is 9.42. The average Bonchev–Trinajstić information content (AvgIpc) is 2.99. The molecule has 1 heterocycles. The van der Waals surface area contributed by atoms with Crippen molar-refractivity contribution in [2.24, 2.45) is 5.10 Å². The highest BCUT2D eigenvalue weighted by atomic mass is 19.4. The van der Waals surface area contributed by atoms with Gasteiger partial charge in [0.25, 0.3) is 5.56 Å². The summed E-state index contributed by atoms with van der Waals surface area (Å²) in [7, 11) is 2.97. The summed E-state index contributed by atoms with van der Waals surface area (Å²) in [5, 5.41) is 4.63. The van der Waals surface area contributed by atoms with Crippen molar-refractivity contribution in [3.63, 3.8) is 0 Å². The Balaban J connectivity index is 1.57. The number of hydrogen-bond acceptors (Lipinski definition) is 6. The second kappa shape index (κ2) is 11.8. The quantitative estimate of drug-likeness (QED) is 0.190. The van der Waals surface area contributed by atoms with Crippen LogP contribution in [0, 0.1) is 6.92 Å². The molecule has 42 heavy (non-hydrogen) atoms. The van der Waals surface area contributed by atoms with Crippen molar-refractivity contribution in [3.05, 3.63) is 118 Å². The standard InChI is InChI=1S/C32H26F3N3O4/c1-20-8-6-9-21(14-20)19-42-29-27(40-2)15-22(16-28(29)41-3)18-36-38-30(23-10-7-11-24(17-23)32(33,34)35)37-26-13-5-4-12-25(26)31(38)39/h4-18H,19H2,1-3H3. The molecule has 1 aromatic heterocycles.